The lowest BCUT2D eigenvalue weighted by Crippen LogP contribution is -2.38. The minimum absolute atomic E-state index is 0.115. The molecule has 1 amide bonds. The van der Waals surface area contributed by atoms with Crippen LogP contribution in [0.4, 0.5) is 0 Å². The van der Waals surface area contributed by atoms with Crippen molar-refractivity contribution in [2.24, 2.45) is 0 Å². The first-order chi connectivity index (χ1) is 17.9. The van der Waals surface area contributed by atoms with Gasteiger partial charge in [0.2, 0.25) is 0 Å². The molecule has 6 nitrogen and oxygen atoms in total. The molecule has 0 saturated carbocycles. The number of carbonyl (C=O) groups is 2. The molecule has 1 saturated heterocycles. The average Bonchev–Trinajstić information content (AvgIpc) is 3.18. The van der Waals surface area contributed by atoms with Crippen molar-refractivity contribution in [2.45, 2.75) is 33.4 Å². The van der Waals surface area contributed by atoms with Gasteiger partial charge in [-0.05, 0) is 61.0 Å². The Morgan fingerprint density at radius 2 is 1.57 bits per heavy atom. The fraction of sp³-hybridized carbons (Fsp3) is 0.290. The van der Waals surface area contributed by atoms with E-state index >= 15 is 0 Å². The Morgan fingerprint density at radius 3 is 2.22 bits per heavy atom. The van der Waals surface area contributed by atoms with Crippen LogP contribution in [0, 0.1) is 6.92 Å². The predicted molar refractivity (Wildman–Crippen MR) is 145 cm³/mol. The van der Waals surface area contributed by atoms with E-state index in [1.807, 2.05) is 61.5 Å². The van der Waals surface area contributed by atoms with Gasteiger partial charge in [0.1, 0.15) is 18.1 Å². The number of likely N-dealkylation sites (tertiary alicyclic amines) is 1. The molecule has 6 heteroatoms. The molecule has 0 radical (unpaired) electrons. The molecule has 3 aromatic carbocycles. The van der Waals surface area contributed by atoms with E-state index in [4.69, 9.17) is 4.74 Å². The molecule has 1 N–H and O–H groups in total. The zero-order valence-electron chi connectivity index (χ0n) is 21.7. The van der Waals surface area contributed by atoms with Gasteiger partial charge in [-0.25, -0.2) is 0 Å². The molecular formula is C31H34N2O4. The number of likely N-dealkylation sites (N-methyl/N-ethyl adjacent to an activating group) is 1. The summed E-state index contributed by atoms with van der Waals surface area (Å²) in [6.07, 6.45) is 0. The SMILES string of the molecule is CCN(CC)CCN1C(=O)C(=O)/C(=C(/O)c2ccc(OCc3ccccc3C)cc2)C1c1ccccc1. The van der Waals surface area contributed by atoms with E-state index in [0.29, 0.717) is 31.0 Å². The number of aliphatic hydroxyl groups excluding tert-OH is 1. The number of hydrogen-bond donors (Lipinski definition) is 1. The van der Waals surface area contributed by atoms with Crippen molar-refractivity contribution in [2.75, 3.05) is 26.2 Å². The number of nitrogens with zero attached hydrogens (tertiary/aromatic N) is 2. The van der Waals surface area contributed by atoms with E-state index in [9.17, 15) is 14.7 Å². The highest BCUT2D eigenvalue weighted by atomic mass is 16.5. The third-order valence-corrected chi connectivity index (χ3v) is 6.99. The summed E-state index contributed by atoms with van der Waals surface area (Å²) in [7, 11) is 0. The highest BCUT2D eigenvalue weighted by Gasteiger charge is 2.45. The summed E-state index contributed by atoms with van der Waals surface area (Å²) in [5, 5.41) is 11.3. The number of ketones is 1. The maximum absolute atomic E-state index is 13.2. The van der Waals surface area contributed by atoms with Gasteiger partial charge in [0.25, 0.3) is 11.7 Å². The number of carbonyl (C=O) groups excluding carboxylic acids is 2. The number of aryl methyl sites for hydroxylation is 1. The summed E-state index contributed by atoms with van der Waals surface area (Å²) >= 11 is 0. The van der Waals surface area contributed by atoms with Crippen LogP contribution in [0.1, 0.15) is 42.1 Å². The van der Waals surface area contributed by atoms with E-state index in [0.717, 1.165) is 29.8 Å². The monoisotopic (exact) mass is 498 g/mol. The first-order valence-corrected chi connectivity index (χ1v) is 12.8. The Kier molecular flexibility index (Phi) is 8.41. The van der Waals surface area contributed by atoms with Crippen LogP contribution in [0.15, 0.2) is 84.4 Å². The van der Waals surface area contributed by atoms with Crippen LogP contribution >= 0.6 is 0 Å². The molecule has 1 heterocycles. The van der Waals surface area contributed by atoms with Crippen molar-refractivity contribution in [3.63, 3.8) is 0 Å². The lowest BCUT2D eigenvalue weighted by Gasteiger charge is -2.28. The summed E-state index contributed by atoms with van der Waals surface area (Å²) in [6, 6.07) is 23.8. The highest BCUT2D eigenvalue weighted by molar-refractivity contribution is 6.46. The van der Waals surface area contributed by atoms with Crippen molar-refractivity contribution < 1.29 is 19.4 Å². The lowest BCUT2D eigenvalue weighted by molar-refractivity contribution is -0.140. The lowest BCUT2D eigenvalue weighted by atomic mass is 9.95. The van der Waals surface area contributed by atoms with Crippen LogP contribution in [-0.2, 0) is 16.2 Å². The van der Waals surface area contributed by atoms with Gasteiger partial charge in [-0.3, -0.25) is 9.59 Å². The Morgan fingerprint density at radius 1 is 0.919 bits per heavy atom. The Balaban J connectivity index is 1.62. The molecule has 3 aromatic rings. The van der Waals surface area contributed by atoms with Crippen molar-refractivity contribution in [1.82, 2.24) is 9.80 Å². The first-order valence-electron chi connectivity index (χ1n) is 12.8. The molecular weight excluding hydrogens is 464 g/mol. The zero-order chi connectivity index (χ0) is 26.4. The minimum Gasteiger partial charge on any atom is -0.507 e. The maximum Gasteiger partial charge on any atom is 0.295 e. The smallest absolute Gasteiger partial charge is 0.295 e. The van der Waals surface area contributed by atoms with Crippen LogP contribution < -0.4 is 4.74 Å². The van der Waals surface area contributed by atoms with E-state index < -0.39 is 17.7 Å². The normalized spacial score (nSPS) is 17.0. The third kappa shape index (κ3) is 5.75. The van der Waals surface area contributed by atoms with Gasteiger partial charge in [-0.2, -0.15) is 0 Å². The van der Waals surface area contributed by atoms with Gasteiger partial charge >= 0.3 is 0 Å². The maximum atomic E-state index is 13.2. The van der Waals surface area contributed by atoms with Gasteiger partial charge in [-0.15, -0.1) is 0 Å². The molecule has 0 aromatic heterocycles. The van der Waals surface area contributed by atoms with Crippen molar-refractivity contribution in [3.8, 4) is 5.75 Å². The highest BCUT2D eigenvalue weighted by Crippen LogP contribution is 2.39. The largest absolute Gasteiger partial charge is 0.507 e. The van der Waals surface area contributed by atoms with E-state index in [-0.39, 0.29) is 11.3 Å². The molecule has 1 fully saturated rings. The van der Waals surface area contributed by atoms with Crippen molar-refractivity contribution in [3.05, 3.63) is 107 Å². The fourth-order valence-corrected chi connectivity index (χ4v) is 4.68. The van der Waals surface area contributed by atoms with Gasteiger partial charge in [-0.1, -0.05) is 68.4 Å². The third-order valence-electron chi connectivity index (χ3n) is 6.99. The number of benzene rings is 3. The molecule has 1 aliphatic rings. The molecule has 192 valence electrons. The van der Waals surface area contributed by atoms with Crippen LogP contribution in [0.3, 0.4) is 0 Å². The number of ether oxygens (including phenoxy) is 1. The summed E-state index contributed by atoms with van der Waals surface area (Å²) in [4.78, 5) is 30.1. The zero-order valence-corrected chi connectivity index (χ0v) is 21.7. The molecule has 0 spiro atoms. The summed E-state index contributed by atoms with van der Waals surface area (Å²) in [5.74, 6) is -0.770. The van der Waals surface area contributed by atoms with Crippen LogP contribution in [-0.4, -0.2) is 52.8 Å². The fourth-order valence-electron chi connectivity index (χ4n) is 4.68. The van der Waals surface area contributed by atoms with Crippen LogP contribution in [0.2, 0.25) is 0 Å². The standard InChI is InChI=1S/C31H34N2O4/c1-4-32(5-2)19-20-33-28(23-12-7-6-8-13-23)27(30(35)31(33)36)29(34)24-15-17-26(18-16-24)37-21-25-14-10-9-11-22(25)3/h6-18,28,34H,4-5,19-21H2,1-3H3/b29-27+. The Hall–Kier alpha value is -3.90. The topological polar surface area (TPSA) is 70.1 Å². The summed E-state index contributed by atoms with van der Waals surface area (Å²) in [6.45, 7) is 9.37. The number of amides is 1. The van der Waals surface area contributed by atoms with E-state index in [2.05, 4.69) is 18.7 Å². The molecule has 0 aliphatic carbocycles. The molecule has 1 aliphatic heterocycles. The van der Waals surface area contributed by atoms with E-state index in [1.54, 1.807) is 29.2 Å². The number of aliphatic hydroxyl groups is 1. The molecule has 0 bridgehead atoms. The second-order valence-corrected chi connectivity index (χ2v) is 9.17. The quantitative estimate of drug-likeness (QED) is 0.232. The summed E-state index contributed by atoms with van der Waals surface area (Å²) < 4.78 is 5.92. The van der Waals surface area contributed by atoms with Gasteiger partial charge in [0.15, 0.2) is 0 Å². The predicted octanol–water partition coefficient (Wildman–Crippen LogP) is 5.34. The Labute approximate surface area is 218 Å². The number of hydrogen-bond acceptors (Lipinski definition) is 5. The van der Waals surface area contributed by atoms with Gasteiger partial charge in [0, 0.05) is 18.7 Å². The second-order valence-electron chi connectivity index (χ2n) is 9.17. The van der Waals surface area contributed by atoms with Gasteiger partial charge < -0.3 is 19.6 Å². The van der Waals surface area contributed by atoms with Crippen molar-refractivity contribution >= 4 is 17.4 Å². The first kappa shape index (κ1) is 26.2. The minimum atomic E-state index is -0.661. The molecule has 1 atom stereocenters. The van der Waals surface area contributed by atoms with E-state index in [1.165, 1.54) is 0 Å². The number of Topliss-reactive ketones (excluding diaryl/α,β-unsaturated/α-hetero) is 1. The molecule has 37 heavy (non-hydrogen) atoms. The second kappa shape index (κ2) is 11.9. The Bertz CT molecular complexity index is 1260. The average molecular weight is 499 g/mol. The summed E-state index contributed by atoms with van der Waals surface area (Å²) in [5.41, 5.74) is 3.63. The van der Waals surface area contributed by atoms with Crippen LogP contribution in [0.25, 0.3) is 5.76 Å². The molecule has 4 rings (SSSR count). The number of rotatable bonds is 10. The van der Waals surface area contributed by atoms with Gasteiger partial charge in [0.05, 0.1) is 11.6 Å². The molecule has 1 unspecified atom stereocenters. The van der Waals surface area contributed by atoms with Crippen molar-refractivity contribution in [1.29, 1.82) is 0 Å². The van der Waals surface area contributed by atoms with Crippen LogP contribution in [0.5, 0.6) is 5.75 Å².